The molecule has 2 N–H and O–H groups in total. The number of aromatic amines is 1. The third-order valence-corrected chi connectivity index (χ3v) is 10.3. The Morgan fingerprint density at radius 1 is 0.939 bits per heavy atom. The molecule has 3 aromatic heterocycles. The zero-order chi connectivity index (χ0) is 35.6. The van der Waals surface area contributed by atoms with Crippen LogP contribution in [0.15, 0.2) is 84.0 Å². The third-order valence-electron chi connectivity index (χ3n) is 9.00. The van der Waals surface area contributed by atoms with E-state index in [0.29, 0.717) is 42.9 Å². The molecule has 5 rings (SSSR count). The number of fused-ring (bicyclic) bond motifs is 1. The summed E-state index contributed by atoms with van der Waals surface area (Å²) in [7, 11) is 0. The normalized spacial score (nSPS) is 13.1. The molecule has 49 heavy (non-hydrogen) atoms. The minimum Gasteiger partial charge on any atom is -0.487 e. The maximum Gasteiger partial charge on any atom is 0.417 e. The first-order valence-electron chi connectivity index (χ1n) is 16.4. The molecule has 0 spiro atoms. The average molecular weight is 690 g/mol. The van der Waals surface area contributed by atoms with Gasteiger partial charge in [0.05, 0.1) is 22.4 Å². The van der Waals surface area contributed by atoms with E-state index in [1.807, 2.05) is 81.6 Å². The van der Waals surface area contributed by atoms with E-state index in [0.717, 1.165) is 50.6 Å². The Morgan fingerprint density at radius 3 is 2.20 bits per heavy atom. The molecule has 5 aromatic rings. The van der Waals surface area contributed by atoms with Gasteiger partial charge in [-0.25, -0.2) is 0 Å². The fourth-order valence-corrected chi connectivity index (χ4v) is 7.40. The second-order valence-corrected chi connectivity index (χ2v) is 15.3. The van der Waals surface area contributed by atoms with Crippen LogP contribution in [0.3, 0.4) is 0 Å². The SMILES string of the molecule is CCC(CC)(C(=O)O)C(Cc1ccc(-c2ccc(C(F)(F)F)cn2)cc1)c1[nH]c2ccc(OCc3ccc(C)cn3)cc2c1SC(C)(C)C. The van der Waals surface area contributed by atoms with Crippen molar-refractivity contribution in [1.29, 1.82) is 0 Å². The fraction of sp³-hybridized carbons (Fsp3) is 0.359. The van der Waals surface area contributed by atoms with Crippen molar-refractivity contribution in [2.24, 2.45) is 5.41 Å². The molecule has 0 radical (unpaired) electrons. The zero-order valence-corrected chi connectivity index (χ0v) is 29.4. The number of aliphatic carboxylic acids is 1. The van der Waals surface area contributed by atoms with Crippen molar-refractivity contribution in [2.45, 2.75) is 89.1 Å². The molecule has 0 bridgehead atoms. The molecular formula is C39H42F3N3O3S. The van der Waals surface area contributed by atoms with Gasteiger partial charge in [0, 0.05) is 50.1 Å². The number of H-pyrrole nitrogens is 1. The van der Waals surface area contributed by atoms with Crippen molar-refractivity contribution < 1.29 is 27.8 Å². The summed E-state index contributed by atoms with van der Waals surface area (Å²) in [5, 5.41) is 11.8. The summed E-state index contributed by atoms with van der Waals surface area (Å²) < 4.78 is 45.2. The van der Waals surface area contributed by atoms with E-state index in [1.165, 1.54) is 6.07 Å². The van der Waals surface area contributed by atoms with Gasteiger partial charge in [0.1, 0.15) is 12.4 Å². The summed E-state index contributed by atoms with van der Waals surface area (Å²) in [6.07, 6.45) is -0.535. The van der Waals surface area contributed by atoms with E-state index in [-0.39, 0.29) is 4.75 Å². The van der Waals surface area contributed by atoms with Gasteiger partial charge >= 0.3 is 12.1 Å². The number of carbonyl (C=O) groups is 1. The summed E-state index contributed by atoms with van der Waals surface area (Å²) in [6, 6.07) is 19.7. The van der Waals surface area contributed by atoms with Crippen LogP contribution in [-0.2, 0) is 24.0 Å². The zero-order valence-electron chi connectivity index (χ0n) is 28.6. The molecule has 3 heterocycles. The smallest absolute Gasteiger partial charge is 0.417 e. The number of benzene rings is 2. The van der Waals surface area contributed by atoms with Crippen LogP contribution in [-0.4, -0.2) is 30.8 Å². The summed E-state index contributed by atoms with van der Waals surface area (Å²) in [5.41, 5.74) is 3.79. The van der Waals surface area contributed by atoms with Gasteiger partial charge in [-0.2, -0.15) is 13.2 Å². The van der Waals surface area contributed by atoms with E-state index in [9.17, 15) is 23.1 Å². The molecule has 2 aromatic carbocycles. The predicted molar refractivity (Wildman–Crippen MR) is 189 cm³/mol. The highest BCUT2D eigenvalue weighted by molar-refractivity contribution is 8.00. The number of aryl methyl sites for hydroxylation is 1. The van der Waals surface area contributed by atoms with Gasteiger partial charge in [0.2, 0.25) is 0 Å². The number of alkyl halides is 3. The minimum atomic E-state index is -4.46. The topological polar surface area (TPSA) is 88.1 Å². The molecular weight excluding hydrogens is 648 g/mol. The first-order valence-corrected chi connectivity index (χ1v) is 17.2. The van der Waals surface area contributed by atoms with Gasteiger partial charge in [-0.1, -0.05) is 65.0 Å². The van der Waals surface area contributed by atoms with Crippen molar-refractivity contribution in [3.05, 3.63) is 107 Å². The lowest BCUT2D eigenvalue weighted by atomic mass is 9.67. The number of pyridine rings is 2. The number of aromatic nitrogens is 3. The van der Waals surface area contributed by atoms with E-state index in [4.69, 9.17) is 4.74 Å². The number of rotatable bonds is 12. The highest BCUT2D eigenvalue weighted by Crippen LogP contribution is 2.50. The molecule has 0 aliphatic carbocycles. The van der Waals surface area contributed by atoms with Crippen molar-refractivity contribution in [3.63, 3.8) is 0 Å². The summed E-state index contributed by atoms with van der Waals surface area (Å²) in [4.78, 5) is 26.3. The van der Waals surface area contributed by atoms with E-state index < -0.39 is 29.0 Å². The van der Waals surface area contributed by atoms with Crippen molar-refractivity contribution in [1.82, 2.24) is 15.0 Å². The Balaban J connectivity index is 1.55. The van der Waals surface area contributed by atoms with Crippen molar-refractivity contribution in [3.8, 4) is 17.0 Å². The Bertz CT molecular complexity index is 1890. The summed E-state index contributed by atoms with van der Waals surface area (Å²) in [5.74, 6) is -0.586. The van der Waals surface area contributed by atoms with Gasteiger partial charge in [-0.05, 0) is 73.7 Å². The number of halogens is 3. The molecule has 6 nitrogen and oxygen atoms in total. The lowest BCUT2D eigenvalue weighted by Crippen LogP contribution is -2.38. The number of hydrogen-bond acceptors (Lipinski definition) is 5. The van der Waals surface area contributed by atoms with Crippen LogP contribution in [0.5, 0.6) is 5.75 Å². The van der Waals surface area contributed by atoms with Crippen LogP contribution in [0.2, 0.25) is 0 Å². The highest BCUT2D eigenvalue weighted by atomic mass is 32.2. The standard InChI is InChI=1S/C39H42F3N3O3S/c1-7-38(8-2,36(46)47)31(19-25-10-12-26(13-11-25)32-17-14-27(22-44-32)39(40,41)42)34-35(49-37(4,5)6)30-20-29(16-18-33(30)45-34)48-23-28-15-9-24(3)21-43-28/h9-18,20-22,31,45H,7-8,19,23H2,1-6H3,(H,46,47). The first-order chi connectivity index (χ1) is 23.1. The van der Waals surface area contributed by atoms with Crippen LogP contribution in [0, 0.1) is 12.3 Å². The molecule has 1 unspecified atom stereocenters. The fourth-order valence-electron chi connectivity index (χ4n) is 6.21. The largest absolute Gasteiger partial charge is 0.487 e. The maximum atomic E-state index is 13.2. The van der Waals surface area contributed by atoms with Gasteiger partial charge in [0.25, 0.3) is 0 Å². The predicted octanol–water partition coefficient (Wildman–Crippen LogP) is 10.6. The van der Waals surface area contributed by atoms with Crippen LogP contribution >= 0.6 is 11.8 Å². The number of carboxylic acids is 1. The van der Waals surface area contributed by atoms with Crippen molar-refractivity contribution in [2.75, 3.05) is 0 Å². The third kappa shape index (κ3) is 8.12. The molecule has 1 atom stereocenters. The molecule has 0 saturated heterocycles. The van der Waals surface area contributed by atoms with Gasteiger partial charge < -0.3 is 14.8 Å². The number of thioether (sulfide) groups is 1. The van der Waals surface area contributed by atoms with Gasteiger partial charge in [-0.15, -0.1) is 11.8 Å². The molecule has 10 heteroatoms. The number of hydrogen-bond donors (Lipinski definition) is 2. The van der Waals surface area contributed by atoms with E-state index in [2.05, 4.69) is 35.7 Å². The summed E-state index contributed by atoms with van der Waals surface area (Å²) in [6.45, 7) is 12.6. The second kappa shape index (κ2) is 14.3. The Morgan fingerprint density at radius 2 is 1.65 bits per heavy atom. The Hall–Kier alpha value is -4.31. The molecule has 0 aliphatic heterocycles. The minimum absolute atomic E-state index is 0.183. The lowest BCUT2D eigenvalue weighted by Gasteiger charge is -2.36. The van der Waals surface area contributed by atoms with Crippen LogP contribution < -0.4 is 4.74 Å². The molecule has 0 amide bonds. The maximum absolute atomic E-state index is 13.2. The van der Waals surface area contributed by atoms with E-state index in [1.54, 1.807) is 11.8 Å². The average Bonchev–Trinajstić information content (AvgIpc) is 3.40. The number of nitrogens with one attached hydrogen (secondary N) is 1. The molecule has 0 aliphatic rings. The molecule has 0 saturated carbocycles. The van der Waals surface area contributed by atoms with Crippen LogP contribution in [0.25, 0.3) is 22.2 Å². The molecule has 0 fully saturated rings. The quantitative estimate of drug-likeness (QED) is 0.127. The number of carboxylic acid groups (broad SMARTS) is 1. The van der Waals surface area contributed by atoms with E-state index >= 15 is 0 Å². The number of ether oxygens (including phenoxy) is 1. The Labute approximate surface area is 289 Å². The van der Waals surface area contributed by atoms with Crippen LogP contribution in [0.1, 0.15) is 81.5 Å². The monoisotopic (exact) mass is 689 g/mol. The number of nitrogens with zero attached hydrogens (tertiary/aromatic N) is 2. The van der Waals surface area contributed by atoms with Gasteiger partial charge in [0.15, 0.2) is 0 Å². The Kier molecular flexibility index (Phi) is 10.5. The summed E-state index contributed by atoms with van der Waals surface area (Å²) >= 11 is 1.70. The van der Waals surface area contributed by atoms with Gasteiger partial charge in [-0.3, -0.25) is 14.8 Å². The lowest BCUT2D eigenvalue weighted by molar-refractivity contribution is -0.151. The van der Waals surface area contributed by atoms with Crippen molar-refractivity contribution >= 4 is 28.6 Å². The van der Waals surface area contributed by atoms with Crippen LogP contribution in [0.4, 0.5) is 13.2 Å². The second-order valence-electron chi connectivity index (χ2n) is 13.5. The highest BCUT2D eigenvalue weighted by Gasteiger charge is 2.45. The molecule has 258 valence electrons. The first kappa shape index (κ1) is 36.0.